The Kier molecular flexibility index (Phi) is 5.65. The van der Waals surface area contributed by atoms with E-state index in [1.165, 1.54) is 5.56 Å². The number of hydrogen-bond acceptors (Lipinski definition) is 3. The van der Waals surface area contributed by atoms with Crippen molar-refractivity contribution in [1.82, 2.24) is 0 Å². The van der Waals surface area contributed by atoms with Crippen LogP contribution < -0.4 is 20.5 Å². The fraction of sp³-hybridized carbons (Fsp3) is 0.235. The zero-order valence-corrected chi connectivity index (χ0v) is 12.9. The van der Waals surface area contributed by atoms with Gasteiger partial charge >= 0.3 is 0 Å². The molecule has 0 aliphatic carbocycles. The average molecular weight is 299 g/mol. The number of aliphatic imine (C=N–C) groups is 1. The molecule has 0 aromatic heterocycles. The van der Waals surface area contributed by atoms with Gasteiger partial charge in [-0.15, -0.1) is 0 Å². The van der Waals surface area contributed by atoms with Gasteiger partial charge in [0.25, 0.3) is 0 Å². The molecule has 0 saturated heterocycles. The maximum atomic E-state index is 5.84. The Labute approximate surface area is 130 Å². The molecule has 2 rings (SSSR count). The molecule has 0 unspecified atom stereocenters. The van der Waals surface area contributed by atoms with Crippen LogP contribution in [0, 0.1) is 6.92 Å². The maximum Gasteiger partial charge on any atom is 0.193 e. The van der Waals surface area contributed by atoms with Crippen LogP contribution in [0.1, 0.15) is 5.56 Å². The molecule has 5 heteroatoms. The fourth-order valence-corrected chi connectivity index (χ4v) is 1.92. The van der Waals surface area contributed by atoms with Gasteiger partial charge in [0.1, 0.15) is 18.1 Å². The second kappa shape index (κ2) is 7.93. The van der Waals surface area contributed by atoms with Gasteiger partial charge in [0, 0.05) is 11.8 Å². The summed E-state index contributed by atoms with van der Waals surface area (Å²) in [5.74, 6) is 1.95. The first kappa shape index (κ1) is 15.7. The van der Waals surface area contributed by atoms with Gasteiger partial charge in [0.2, 0.25) is 0 Å². The summed E-state index contributed by atoms with van der Waals surface area (Å²) >= 11 is 0. The van der Waals surface area contributed by atoms with Gasteiger partial charge < -0.3 is 20.5 Å². The van der Waals surface area contributed by atoms with Crippen LogP contribution >= 0.6 is 0 Å². The SMILES string of the molecule is COc1cccc(NC(N)=NCCOc2cccc(C)c2)c1. The van der Waals surface area contributed by atoms with Crippen LogP contribution in [0.5, 0.6) is 11.5 Å². The van der Waals surface area contributed by atoms with Crippen molar-refractivity contribution in [3.8, 4) is 11.5 Å². The fourth-order valence-electron chi connectivity index (χ4n) is 1.92. The number of aryl methyl sites for hydroxylation is 1. The van der Waals surface area contributed by atoms with Crippen molar-refractivity contribution >= 4 is 11.6 Å². The van der Waals surface area contributed by atoms with Crippen LogP contribution in [0.2, 0.25) is 0 Å². The van der Waals surface area contributed by atoms with Gasteiger partial charge in [-0.2, -0.15) is 0 Å². The molecular formula is C17H21N3O2. The van der Waals surface area contributed by atoms with Crippen LogP contribution in [0.25, 0.3) is 0 Å². The molecule has 2 aromatic carbocycles. The van der Waals surface area contributed by atoms with Gasteiger partial charge in [-0.25, -0.2) is 4.99 Å². The van der Waals surface area contributed by atoms with Crippen molar-refractivity contribution < 1.29 is 9.47 Å². The number of nitrogens with two attached hydrogens (primary N) is 1. The second-order valence-electron chi connectivity index (χ2n) is 4.79. The number of benzene rings is 2. The molecule has 5 nitrogen and oxygen atoms in total. The lowest BCUT2D eigenvalue weighted by molar-refractivity contribution is 0.328. The van der Waals surface area contributed by atoms with E-state index in [0.29, 0.717) is 19.1 Å². The minimum Gasteiger partial charge on any atom is -0.497 e. The highest BCUT2D eigenvalue weighted by Crippen LogP contribution is 2.16. The molecule has 0 radical (unpaired) electrons. The molecule has 2 aromatic rings. The number of ether oxygens (including phenoxy) is 2. The number of nitrogens with zero attached hydrogens (tertiary/aromatic N) is 1. The molecule has 0 atom stereocenters. The van der Waals surface area contributed by atoms with Crippen molar-refractivity contribution in [2.45, 2.75) is 6.92 Å². The quantitative estimate of drug-likeness (QED) is 0.489. The molecule has 0 spiro atoms. The molecule has 0 bridgehead atoms. The minimum absolute atomic E-state index is 0.348. The molecule has 22 heavy (non-hydrogen) atoms. The Hall–Kier alpha value is -2.69. The standard InChI is InChI=1S/C17H21N3O2/c1-13-5-3-8-16(11-13)22-10-9-19-17(18)20-14-6-4-7-15(12-14)21-2/h3-8,11-12H,9-10H2,1-2H3,(H3,18,19,20). The summed E-state index contributed by atoms with van der Waals surface area (Å²) in [5.41, 5.74) is 7.84. The van der Waals surface area contributed by atoms with E-state index in [-0.39, 0.29) is 0 Å². The molecule has 0 aliphatic rings. The number of rotatable bonds is 6. The van der Waals surface area contributed by atoms with E-state index < -0.39 is 0 Å². The highest BCUT2D eigenvalue weighted by atomic mass is 16.5. The smallest absolute Gasteiger partial charge is 0.193 e. The van der Waals surface area contributed by atoms with Crippen molar-refractivity contribution in [3.63, 3.8) is 0 Å². The Bertz CT molecular complexity index is 641. The Morgan fingerprint density at radius 1 is 1.14 bits per heavy atom. The lowest BCUT2D eigenvalue weighted by atomic mass is 10.2. The molecular weight excluding hydrogens is 278 g/mol. The molecule has 0 heterocycles. The van der Waals surface area contributed by atoms with Crippen LogP contribution in [0.15, 0.2) is 53.5 Å². The van der Waals surface area contributed by atoms with Gasteiger partial charge in [0.15, 0.2) is 5.96 Å². The zero-order chi connectivity index (χ0) is 15.8. The van der Waals surface area contributed by atoms with Crippen LogP contribution in [-0.2, 0) is 0 Å². The lowest BCUT2D eigenvalue weighted by Gasteiger charge is -2.08. The van der Waals surface area contributed by atoms with Crippen molar-refractivity contribution in [2.24, 2.45) is 10.7 Å². The first-order valence-corrected chi connectivity index (χ1v) is 7.08. The third kappa shape index (κ3) is 5.01. The number of nitrogens with one attached hydrogen (secondary N) is 1. The van der Waals surface area contributed by atoms with E-state index in [2.05, 4.69) is 10.3 Å². The van der Waals surface area contributed by atoms with E-state index in [9.17, 15) is 0 Å². The summed E-state index contributed by atoms with van der Waals surface area (Å²) in [4.78, 5) is 4.23. The summed E-state index contributed by atoms with van der Waals surface area (Å²) in [7, 11) is 1.62. The summed E-state index contributed by atoms with van der Waals surface area (Å²) in [6, 6.07) is 15.4. The summed E-state index contributed by atoms with van der Waals surface area (Å²) in [6.07, 6.45) is 0. The third-order valence-electron chi connectivity index (χ3n) is 2.97. The van der Waals surface area contributed by atoms with E-state index in [0.717, 1.165) is 17.2 Å². The highest BCUT2D eigenvalue weighted by Gasteiger charge is 1.98. The van der Waals surface area contributed by atoms with Crippen molar-refractivity contribution in [1.29, 1.82) is 0 Å². The first-order valence-electron chi connectivity index (χ1n) is 7.08. The predicted octanol–water partition coefficient (Wildman–Crippen LogP) is 2.81. The summed E-state index contributed by atoms with van der Waals surface area (Å²) in [6.45, 7) is 2.99. The number of hydrogen-bond donors (Lipinski definition) is 2. The first-order chi connectivity index (χ1) is 10.7. The van der Waals surface area contributed by atoms with Crippen LogP contribution in [0.4, 0.5) is 5.69 Å². The molecule has 0 aliphatic heterocycles. The molecule has 116 valence electrons. The Balaban J connectivity index is 1.80. The minimum atomic E-state index is 0.348. The highest BCUT2D eigenvalue weighted by molar-refractivity contribution is 5.92. The maximum absolute atomic E-state index is 5.84. The topological polar surface area (TPSA) is 68.9 Å². The van der Waals surface area contributed by atoms with Crippen LogP contribution in [-0.4, -0.2) is 26.2 Å². The van der Waals surface area contributed by atoms with E-state index in [1.54, 1.807) is 7.11 Å². The lowest BCUT2D eigenvalue weighted by Crippen LogP contribution is -2.23. The van der Waals surface area contributed by atoms with Crippen molar-refractivity contribution in [2.75, 3.05) is 25.6 Å². The average Bonchev–Trinajstić information content (AvgIpc) is 2.52. The Morgan fingerprint density at radius 2 is 1.91 bits per heavy atom. The third-order valence-corrected chi connectivity index (χ3v) is 2.97. The zero-order valence-electron chi connectivity index (χ0n) is 12.9. The van der Waals surface area contributed by atoms with Crippen molar-refractivity contribution in [3.05, 3.63) is 54.1 Å². The van der Waals surface area contributed by atoms with Crippen LogP contribution in [0.3, 0.4) is 0 Å². The monoisotopic (exact) mass is 299 g/mol. The largest absolute Gasteiger partial charge is 0.497 e. The van der Waals surface area contributed by atoms with Gasteiger partial charge in [-0.3, -0.25) is 0 Å². The number of anilines is 1. The van der Waals surface area contributed by atoms with Gasteiger partial charge in [-0.05, 0) is 36.8 Å². The summed E-state index contributed by atoms with van der Waals surface area (Å²) in [5, 5.41) is 3.02. The van der Waals surface area contributed by atoms with Gasteiger partial charge in [-0.1, -0.05) is 18.2 Å². The number of methoxy groups -OCH3 is 1. The molecule has 0 saturated carbocycles. The molecule has 0 amide bonds. The van der Waals surface area contributed by atoms with E-state index in [4.69, 9.17) is 15.2 Å². The number of guanidine groups is 1. The Morgan fingerprint density at radius 3 is 2.68 bits per heavy atom. The normalized spacial score (nSPS) is 11.1. The predicted molar refractivity (Wildman–Crippen MR) is 89.8 cm³/mol. The van der Waals surface area contributed by atoms with Gasteiger partial charge in [0.05, 0.1) is 13.7 Å². The van der Waals surface area contributed by atoms with E-state index in [1.807, 2.05) is 55.5 Å². The summed E-state index contributed by atoms with van der Waals surface area (Å²) < 4.78 is 10.8. The molecule has 0 fully saturated rings. The second-order valence-corrected chi connectivity index (χ2v) is 4.79. The van der Waals surface area contributed by atoms with E-state index >= 15 is 0 Å². The molecule has 3 N–H and O–H groups in total.